The van der Waals surface area contributed by atoms with Crippen LogP contribution in [-0.4, -0.2) is 24.7 Å². The van der Waals surface area contributed by atoms with E-state index in [2.05, 4.69) is 10.3 Å². The maximum absolute atomic E-state index is 5.49. The molecule has 0 unspecified atom stereocenters. The fraction of sp³-hybridized carbons (Fsp3) is 0.615. The Hall–Kier alpha value is -1.29. The van der Waals surface area contributed by atoms with E-state index in [0.29, 0.717) is 6.61 Å². The summed E-state index contributed by atoms with van der Waals surface area (Å²) in [6.07, 6.45) is 6.45. The van der Waals surface area contributed by atoms with Gasteiger partial charge in [-0.3, -0.25) is 0 Å². The lowest BCUT2D eigenvalue weighted by molar-refractivity contribution is 0.340. The topological polar surface area (TPSA) is 60.2 Å². The van der Waals surface area contributed by atoms with Crippen LogP contribution in [0.4, 0.5) is 5.82 Å². The van der Waals surface area contributed by atoms with Gasteiger partial charge in [0.15, 0.2) is 11.6 Å². The van der Waals surface area contributed by atoms with Crippen molar-refractivity contribution < 1.29 is 4.74 Å². The summed E-state index contributed by atoms with van der Waals surface area (Å²) in [7, 11) is 0. The van der Waals surface area contributed by atoms with E-state index in [9.17, 15) is 0 Å². The molecule has 0 saturated heterocycles. The molecule has 4 heteroatoms. The first-order chi connectivity index (χ1) is 8.38. The van der Waals surface area contributed by atoms with Crippen molar-refractivity contribution in [2.75, 3.05) is 25.0 Å². The molecular formula is C13H23N3O. The predicted molar refractivity (Wildman–Crippen MR) is 71.4 cm³/mol. The van der Waals surface area contributed by atoms with E-state index in [-0.39, 0.29) is 0 Å². The minimum absolute atomic E-state index is 0.664. The molecule has 1 heterocycles. The summed E-state index contributed by atoms with van der Waals surface area (Å²) in [6.45, 7) is 4.37. The molecule has 0 spiro atoms. The van der Waals surface area contributed by atoms with E-state index in [1.165, 1.54) is 12.8 Å². The van der Waals surface area contributed by atoms with E-state index in [1.54, 1.807) is 6.20 Å². The number of aromatic nitrogens is 1. The van der Waals surface area contributed by atoms with Gasteiger partial charge in [0, 0.05) is 12.7 Å². The normalized spacial score (nSPS) is 10.2. The first kappa shape index (κ1) is 13.8. The zero-order valence-electron chi connectivity index (χ0n) is 10.6. The number of ether oxygens (including phenoxy) is 1. The predicted octanol–water partition coefficient (Wildman–Crippen LogP) is 2.41. The molecule has 0 saturated carbocycles. The number of pyridine rings is 1. The number of hydrogen-bond donors (Lipinski definition) is 2. The highest BCUT2D eigenvalue weighted by Gasteiger charge is 2.02. The largest absolute Gasteiger partial charge is 0.490 e. The highest BCUT2D eigenvalue weighted by Crippen LogP contribution is 2.20. The Morgan fingerprint density at radius 3 is 2.88 bits per heavy atom. The Morgan fingerprint density at radius 1 is 1.29 bits per heavy atom. The zero-order chi connectivity index (χ0) is 12.3. The molecule has 0 radical (unpaired) electrons. The van der Waals surface area contributed by atoms with Gasteiger partial charge >= 0.3 is 0 Å². The van der Waals surface area contributed by atoms with Gasteiger partial charge in [0.1, 0.15) is 0 Å². The molecule has 17 heavy (non-hydrogen) atoms. The van der Waals surface area contributed by atoms with Crippen LogP contribution >= 0.6 is 0 Å². The molecule has 1 aromatic heterocycles. The van der Waals surface area contributed by atoms with Crippen molar-refractivity contribution in [3.63, 3.8) is 0 Å². The molecule has 1 aromatic rings. The second-order valence-corrected chi connectivity index (χ2v) is 3.91. The summed E-state index contributed by atoms with van der Waals surface area (Å²) in [4.78, 5) is 4.28. The van der Waals surface area contributed by atoms with Gasteiger partial charge < -0.3 is 15.8 Å². The summed E-state index contributed by atoms with van der Waals surface area (Å²) in [6, 6.07) is 3.82. The lowest BCUT2D eigenvalue weighted by Crippen LogP contribution is -2.06. The Bertz CT molecular complexity index is 304. The Morgan fingerprint density at radius 2 is 2.12 bits per heavy atom. The first-order valence-corrected chi connectivity index (χ1v) is 6.40. The molecule has 0 bridgehead atoms. The van der Waals surface area contributed by atoms with Crippen molar-refractivity contribution in [2.24, 2.45) is 5.73 Å². The number of rotatable bonds is 9. The van der Waals surface area contributed by atoms with Gasteiger partial charge in [-0.1, -0.05) is 12.8 Å². The number of hydrogen-bond acceptors (Lipinski definition) is 4. The van der Waals surface area contributed by atoms with Gasteiger partial charge in [0.2, 0.25) is 0 Å². The van der Waals surface area contributed by atoms with E-state index in [0.717, 1.165) is 37.5 Å². The van der Waals surface area contributed by atoms with Crippen LogP contribution in [-0.2, 0) is 0 Å². The quantitative estimate of drug-likeness (QED) is 0.647. The van der Waals surface area contributed by atoms with Gasteiger partial charge in [-0.15, -0.1) is 0 Å². The van der Waals surface area contributed by atoms with Crippen molar-refractivity contribution >= 4 is 5.82 Å². The third kappa shape index (κ3) is 5.54. The highest BCUT2D eigenvalue weighted by molar-refractivity contribution is 5.49. The van der Waals surface area contributed by atoms with Crippen molar-refractivity contribution in [1.29, 1.82) is 0 Å². The summed E-state index contributed by atoms with van der Waals surface area (Å²) < 4.78 is 5.49. The van der Waals surface area contributed by atoms with Gasteiger partial charge in [-0.05, 0) is 38.4 Å². The summed E-state index contributed by atoms with van der Waals surface area (Å²) in [5.74, 6) is 1.67. The van der Waals surface area contributed by atoms with E-state index < -0.39 is 0 Å². The second kappa shape index (κ2) is 8.82. The molecule has 0 amide bonds. The highest BCUT2D eigenvalue weighted by atomic mass is 16.5. The van der Waals surface area contributed by atoms with Gasteiger partial charge in [-0.2, -0.15) is 0 Å². The van der Waals surface area contributed by atoms with Crippen LogP contribution in [0.25, 0.3) is 0 Å². The Kier molecular flexibility index (Phi) is 7.14. The SMILES string of the molecule is CCOc1cccnc1NCCCCCCN. The monoisotopic (exact) mass is 237 g/mol. The van der Waals surface area contributed by atoms with Crippen LogP contribution in [0.3, 0.4) is 0 Å². The Labute approximate surface area is 104 Å². The molecule has 0 aliphatic rings. The van der Waals surface area contributed by atoms with Crippen LogP contribution in [0.15, 0.2) is 18.3 Å². The van der Waals surface area contributed by atoms with Crippen LogP contribution in [0, 0.1) is 0 Å². The van der Waals surface area contributed by atoms with Crippen molar-refractivity contribution in [2.45, 2.75) is 32.6 Å². The zero-order valence-corrected chi connectivity index (χ0v) is 10.6. The number of unbranched alkanes of at least 4 members (excludes halogenated alkanes) is 3. The molecule has 1 rings (SSSR count). The molecular weight excluding hydrogens is 214 g/mol. The van der Waals surface area contributed by atoms with E-state index in [4.69, 9.17) is 10.5 Å². The summed E-state index contributed by atoms with van der Waals surface area (Å²) >= 11 is 0. The van der Waals surface area contributed by atoms with Crippen molar-refractivity contribution in [3.05, 3.63) is 18.3 Å². The Balaban J connectivity index is 2.25. The molecule has 0 aliphatic heterocycles. The van der Waals surface area contributed by atoms with Crippen LogP contribution in [0.1, 0.15) is 32.6 Å². The molecule has 4 nitrogen and oxygen atoms in total. The van der Waals surface area contributed by atoms with Crippen molar-refractivity contribution in [1.82, 2.24) is 4.98 Å². The van der Waals surface area contributed by atoms with Crippen LogP contribution < -0.4 is 15.8 Å². The second-order valence-electron chi connectivity index (χ2n) is 3.91. The fourth-order valence-electron chi connectivity index (χ4n) is 1.62. The average molecular weight is 237 g/mol. The maximum atomic E-state index is 5.49. The molecule has 0 aromatic carbocycles. The lowest BCUT2D eigenvalue weighted by Gasteiger charge is -2.10. The minimum atomic E-state index is 0.664. The number of nitrogens with one attached hydrogen (secondary N) is 1. The van der Waals surface area contributed by atoms with E-state index >= 15 is 0 Å². The van der Waals surface area contributed by atoms with E-state index in [1.807, 2.05) is 19.1 Å². The standard InChI is InChI=1S/C13H23N3O/c1-2-17-12-8-7-11-16-13(12)15-10-6-4-3-5-9-14/h7-8,11H,2-6,9-10,14H2,1H3,(H,15,16). The van der Waals surface area contributed by atoms with Crippen molar-refractivity contribution in [3.8, 4) is 5.75 Å². The third-order valence-electron chi connectivity index (χ3n) is 2.49. The molecule has 96 valence electrons. The third-order valence-corrected chi connectivity index (χ3v) is 2.49. The molecule has 0 aliphatic carbocycles. The number of nitrogens with zero attached hydrogens (tertiary/aromatic N) is 1. The van der Waals surface area contributed by atoms with Crippen LogP contribution in [0.2, 0.25) is 0 Å². The van der Waals surface area contributed by atoms with Gasteiger partial charge in [-0.25, -0.2) is 4.98 Å². The summed E-state index contributed by atoms with van der Waals surface area (Å²) in [5, 5.41) is 3.31. The maximum Gasteiger partial charge on any atom is 0.168 e. The lowest BCUT2D eigenvalue weighted by atomic mass is 10.2. The first-order valence-electron chi connectivity index (χ1n) is 6.40. The molecule has 0 fully saturated rings. The van der Waals surface area contributed by atoms with Gasteiger partial charge in [0.25, 0.3) is 0 Å². The number of nitrogens with two attached hydrogens (primary N) is 1. The summed E-state index contributed by atoms with van der Waals surface area (Å²) in [5.41, 5.74) is 5.45. The fourth-order valence-corrected chi connectivity index (χ4v) is 1.62. The van der Waals surface area contributed by atoms with Crippen LogP contribution in [0.5, 0.6) is 5.75 Å². The number of anilines is 1. The van der Waals surface area contributed by atoms with Gasteiger partial charge in [0.05, 0.1) is 6.61 Å². The molecule has 0 atom stereocenters. The molecule has 3 N–H and O–H groups in total. The smallest absolute Gasteiger partial charge is 0.168 e. The minimum Gasteiger partial charge on any atom is -0.490 e. The average Bonchev–Trinajstić information content (AvgIpc) is 2.36.